The van der Waals surface area contributed by atoms with Gasteiger partial charge in [-0.1, -0.05) is 23.7 Å². The van der Waals surface area contributed by atoms with Gasteiger partial charge >= 0.3 is 6.09 Å². The summed E-state index contributed by atoms with van der Waals surface area (Å²) in [5.41, 5.74) is 5.84. The van der Waals surface area contributed by atoms with Gasteiger partial charge in [-0.3, -0.25) is 15.2 Å². The second-order valence-corrected chi connectivity index (χ2v) is 13.2. The predicted octanol–water partition coefficient (Wildman–Crippen LogP) is 5.68. The highest BCUT2D eigenvalue weighted by atomic mass is 35.5. The Morgan fingerprint density at radius 2 is 1.91 bits per heavy atom. The molecule has 6 rings (SSSR count). The van der Waals surface area contributed by atoms with Gasteiger partial charge < -0.3 is 18.9 Å². The third-order valence-corrected chi connectivity index (χ3v) is 8.72. The van der Waals surface area contributed by atoms with Gasteiger partial charge in [0, 0.05) is 51.6 Å². The smallest absolute Gasteiger partial charge is 0.410 e. The van der Waals surface area contributed by atoms with Crippen LogP contribution in [0.3, 0.4) is 0 Å². The Morgan fingerprint density at radius 1 is 1.14 bits per heavy atom. The Balaban J connectivity index is 1.41. The Labute approximate surface area is 258 Å². The van der Waals surface area contributed by atoms with E-state index in [0.29, 0.717) is 37.1 Å². The minimum Gasteiger partial charge on any atom is -0.444 e. The van der Waals surface area contributed by atoms with E-state index in [0.717, 1.165) is 46.5 Å². The van der Waals surface area contributed by atoms with E-state index in [2.05, 4.69) is 44.0 Å². The summed E-state index contributed by atoms with van der Waals surface area (Å²) >= 11 is 6.72. The van der Waals surface area contributed by atoms with Gasteiger partial charge in [0.05, 0.1) is 36.0 Å². The fourth-order valence-corrected chi connectivity index (χ4v) is 6.40. The molecule has 228 valence electrons. The molecule has 2 aliphatic carbocycles. The normalized spacial score (nSPS) is 20.5. The molecular formula is C33H41ClN6O3. The maximum Gasteiger partial charge on any atom is 0.410 e. The van der Waals surface area contributed by atoms with E-state index in [4.69, 9.17) is 26.1 Å². The summed E-state index contributed by atoms with van der Waals surface area (Å²) in [5.74, 6) is 0.480. The maximum absolute atomic E-state index is 12.8. The molecule has 1 aliphatic heterocycles. The number of hydrogen-bond acceptors (Lipinski definition) is 7. The average Bonchev–Trinajstić information content (AvgIpc) is 3.75. The van der Waals surface area contributed by atoms with Crippen molar-refractivity contribution in [2.24, 2.45) is 13.0 Å². The molecule has 3 atom stereocenters. The fourth-order valence-electron chi connectivity index (χ4n) is 6.23. The van der Waals surface area contributed by atoms with Crippen molar-refractivity contribution in [2.75, 3.05) is 33.3 Å². The van der Waals surface area contributed by atoms with Crippen molar-refractivity contribution in [3.8, 4) is 0 Å². The number of pyridine rings is 1. The summed E-state index contributed by atoms with van der Waals surface area (Å²) in [6.45, 7) is 8.22. The molecule has 1 aromatic carbocycles. The summed E-state index contributed by atoms with van der Waals surface area (Å²) in [6, 6.07) is 9.97. The van der Waals surface area contributed by atoms with Crippen LogP contribution in [0.25, 0.3) is 11.6 Å². The zero-order valence-corrected chi connectivity index (χ0v) is 26.3. The quantitative estimate of drug-likeness (QED) is 0.347. The molecule has 10 heteroatoms. The Hall–Kier alpha value is -3.24. The highest BCUT2D eigenvalue weighted by Crippen LogP contribution is 2.45. The number of piperazine rings is 1. The van der Waals surface area contributed by atoms with Gasteiger partial charge in [-0.25, -0.2) is 9.78 Å². The van der Waals surface area contributed by atoms with Gasteiger partial charge in [0.2, 0.25) is 0 Å². The van der Waals surface area contributed by atoms with E-state index in [9.17, 15) is 4.79 Å². The van der Waals surface area contributed by atoms with E-state index >= 15 is 0 Å². The highest BCUT2D eigenvalue weighted by Gasteiger charge is 2.38. The number of aromatic nitrogens is 3. The predicted molar refractivity (Wildman–Crippen MR) is 167 cm³/mol. The molecule has 1 amide bonds. The molecule has 3 aliphatic rings. The van der Waals surface area contributed by atoms with E-state index < -0.39 is 5.60 Å². The first-order chi connectivity index (χ1) is 20.6. The Morgan fingerprint density at radius 3 is 2.56 bits per heavy atom. The third kappa shape index (κ3) is 6.36. The Kier molecular flexibility index (Phi) is 8.35. The molecular weight excluding hydrogens is 564 g/mol. The number of ether oxygens (including phenoxy) is 2. The van der Waals surface area contributed by atoms with Crippen LogP contribution in [0, 0.1) is 5.92 Å². The molecule has 1 N–H and O–H groups in total. The van der Waals surface area contributed by atoms with Crippen LogP contribution in [0.4, 0.5) is 4.79 Å². The van der Waals surface area contributed by atoms with Crippen LogP contribution in [0.5, 0.6) is 0 Å². The van der Waals surface area contributed by atoms with Crippen molar-refractivity contribution in [3.05, 3.63) is 82.2 Å². The first-order valence-corrected chi connectivity index (χ1v) is 15.4. The van der Waals surface area contributed by atoms with Crippen LogP contribution in [-0.2, 0) is 16.5 Å². The lowest BCUT2D eigenvalue weighted by atomic mass is 9.89. The standard InChI is InChI=1S/C33H41ClN6O3/c1-33(2,3)43-32(41)40-15-13-39(14-16-40)30-24-11-10-23(34)18-25(24)26(17-22-7-6-12-36-28(22)30)29(27-19-35-20-38(27)4)37-31(42-5)21-8-9-21/h6-7,10-12,17-21,29-31,37H,8-9,13-16H2,1-5H3. The maximum atomic E-state index is 12.8. The monoisotopic (exact) mass is 604 g/mol. The van der Waals surface area contributed by atoms with Gasteiger partial charge in [-0.05, 0) is 86.1 Å². The molecule has 3 unspecified atom stereocenters. The number of benzene rings is 1. The fraction of sp³-hybridized carbons (Fsp3) is 0.485. The number of aryl methyl sites for hydroxylation is 1. The van der Waals surface area contributed by atoms with Crippen LogP contribution >= 0.6 is 11.6 Å². The average molecular weight is 605 g/mol. The van der Waals surface area contributed by atoms with Gasteiger partial charge in [0.1, 0.15) is 11.8 Å². The number of carbonyl (C=O) groups is 1. The number of rotatable bonds is 7. The van der Waals surface area contributed by atoms with E-state index in [1.54, 1.807) is 12.0 Å². The highest BCUT2D eigenvalue weighted by molar-refractivity contribution is 6.30. The SMILES string of the molecule is COC(NC(C1=Cc2cccnc2C(N2CCN(C(=O)OC(C)(C)C)CC2)c2ccc(Cl)cc21)c1cncn1C)C1CC1. The van der Waals surface area contributed by atoms with Gasteiger partial charge in [0.25, 0.3) is 0 Å². The zero-order valence-electron chi connectivity index (χ0n) is 25.6. The number of nitrogens with one attached hydrogen (secondary N) is 1. The molecule has 0 radical (unpaired) electrons. The van der Waals surface area contributed by atoms with Crippen LogP contribution in [-0.4, -0.2) is 75.5 Å². The zero-order chi connectivity index (χ0) is 30.3. The second kappa shape index (κ2) is 12.0. The molecule has 2 aromatic heterocycles. The summed E-state index contributed by atoms with van der Waals surface area (Å²) in [5, 5.41) is 4.51. The number of hydrogen-bond donors (Lipinski definition) is 1. The number of imidazole rings is 1. The molecule has 1 saturated heterocycles. The minimum atomic E-state index is -0.529. The van der Waals surface area contributed by atoms with Crippen LogP contribution in [0.2, 0.25) is 5.02 Å². The molecule has 1 saturated carbocycles. The van der Waals surface area contributed by atoms with Crippen molar-refractivity contribution in [3.63, 3.8) is 0 Å². The largest absolute Gasteiger partial charge is 0.444 e. The molecule has 2 fully saturated rings. The Bertz CT molecular complexity index is 1500. The number of fused-ring (bicyclic) bond motifs is 2. The van der Waals surface area contributed by atoms with Crippen molar-refractivity contribution in [2.45, 2.75) is 57.5 Å². The lowest BCUT2D eigenvalue weighted by Crippen LogP contribution is -2.51. The number of halogens is 1. The molecule has 0 bridgehead atoms. The van der Waals surface area contributed by atoms with Crippen LogP contribution in [0.15, 0.2) is 49.1 Å². The molecule has 3 heterocycles. The minimum absolute atomic E-state index is 0.0863. The summed E-state index contributed by atoms with van der Waals surface area (Å²) < 4.78 is 13.7. The summed E-state index contributed by atoms with van der Waals surface area (Å²) in [4.78, 5) is 26.5. The molecule has 3 aromatic rings. The van der Waals surface area contributed by atoms with E-state index in [-0.39, 0.29) is 24.4 Å². The third-order valence-electron chi connectivity index (χ3n) is 8.49. The van der Waals surface area contributed by atoms with E-state index in [1.165, 1.54) is 0 Å². The topological polar surface area (TPSA) is 84.8 Å². The van der Waals surface area contributed by atoms with Crippen molar-refractivity contribution < 1.29 is 14.3 Å². The molecule has 0 spiro atoms. The number of nitrogens with zero attached hydrogens (tertiary/aromatic N) is 5. The van der Waals surface area contributed by atoms with Gasteiger partial charge in [-0.2, -0.15) is 0 Å². The van der Waals surface area contributed by atoms with Crippen LogP contribution < -0.4 is 5.32 Å². The van der Waals surface area contributed by atoms with E-state index in [1.807, 2.05) is 58.7 Å². The molecule has 9 nitrogen and oxygen atoms in total. The lowest BCUT2D eigenvalue weighted by molar-refractivity contribution is 0.0118. The number of amides is 1. The summed E-state index contributed by atoms with van der Waals surface area (Å²) in [7, 11) is 3.79. The lowest BCUT2D eigenvalue weighted by Gasteiger charge is -2.40. The van der Waals surface area contributed by atoms with Crippen molar-refractivity contribution >= 4 is 29.3 Å². The number of methoxy groups -OCH3 is 1. The van der Waals surface area contributed by atoms with Crippen molar-refractivity contribution in [1.82, 2.24) is 29.7 Å². The first kappa shape index (κ1) is 29.8. The van der Waals surface area contributed by atoms with Gasteiger partial charge in [-0.15, -0.1) is 0 Å². The second-order valence-electron chi connectivity index (χ2n) is 12.7. The van der Waals surface area contributed by atoms with Crippen LogP contribution in [0.1, 0.15) is 73.8 Å². The number of carbonyl (C=O) groups excluding carboxylic acids is 1. The van der Waals surface area contributed by atoms with Gasteiger partial charge in [0.15, 0.2) is 0 Å². The first-order valence-electron chi connectivity index (χ1n) is 15.1. The van der Waals surface area contributed by atoms with Crippen molar-refractivity contribution in [1.29, 1.82) is 0 Å². The molecule has 43 heavy (non-hydrogen) atoms. The summed E-state index contributed by atoms with van der Waals surface area (Å²) in [6.07, 6.45) is 9.81.